The maximum Gasteiger partial charge on any atom is 0.0728 e. The summed E-state index contributed by atoms with van der Waals surface area (Å²) in [6.45, 7) is 3.31. The lowest BCUT2D eigenvalue weighted by atomic mass is 10.1. The Bertz CT molecular complexity index is 42.2. The summed E-state index contributed by atoms with van der Waals surface area (Å²) in [7, 11) is 4.94. The van der Waals surface area contributed by atoms with Crippen molar-refractivity contribution < 1.29 is 0 Å². The van der Waals surface area contributed by atoms with Crippen LogP contribution in [-0.4, -0.2) is 7.85 Å². The number of halogens is 1. The van der Waals surface area contributed by atoms with Crippen molar-refractivity contribution in [3.63, 3.8) is 0 Å². The molecular weight excluding hydrogens is 82.3 g/mol. The van der Waals surface area contributed by atoms with Crippen LogP contribution in [-0.2, 0) is 0 Å². The highest BCUT2D eigenvalue weighted by Gasteiger charge is 1.71. The van der Waals surface area contributed by atoms with E-state index in [4.69, 9.17) is 19.4 Å². The molecule has 26 valence electrons. The largest absolute Gasteiger partial charge is 0.0906 e. The number of allylic oxidation sites excluding steroid dienone is 1. The van der Waals surface area contributed by atoms with E-state index < -0.39 is 0 Å². The Kier molecular flexibility index (Phi) is 2.38. The second-order valence-corrected chi connectivity index (χ2v) is 1.26. The normalized spacial score (nSPS) is 7.40. The van der Waals surface area contributed by atoms with Gasteiger partial charge in [0, 0.05) is 5.03 Å². The molecule has 0 amide bonds. The van der Waals surface area contributed by atoms with Gasteiger partial charge < -0.3 is 0 Å². The lowest BCUT2D eigenvalue weighted by Gasteiger charge is -1.76. The summed E-state index contributed by atoms with van der Waals surface area (Å²) in [5.41, 5.74) is 0. The highest BCUT2D eigenvalue weighted by molar-refractivity contribution is 6.33. The van der Waals surface area contributed by atoms with Crippen molar-refractivity contribution >= 4 is 19.4 Å². The molecule has 5 heavy (non-hydrogen) atoms. The zero-order valence-corrected chi connectivity index (χ0v) is 3.63. The van der Waals surface area contributed by atoms with Gasteiger partial charge in [-0.2, -0.15) is 0 Å². The van der Waals surface area contributed by atoms with Gasteiger partial charge in [0.2, 0.25) is 0 Å². The third-order valence-corrected chi connectivity index (χ3v) is 0.376. The van der Waals surface area contributed by atoms with Gasteiger partial charge in [0.15, 0.2) is 0 Å². The van der Waals surface area contributed by atoms with E-state index in [1.165, 1.54) is 0 Å². The van der Waals surface area contributed by atoms with Gasteiger partial charge >= 0.3 is 0 Å². The summed E-state index contributed by atoms with van der Waals surface area (Å²) < 4.78 is 0. The minimum Gasteiger partial charge on any atom is -0.0906 e. The van der Waals surface area contributed by atoms with E-state index >= 15 is 0 Å². The molecule has 0 aromatic rings. The monoisotopic (exact) mass is 86.0 g/mol. The highest BCUT2D eigenvalue weighted by atomic mass is 35.5. The van der Waals surface area contributed by atoms with Gasteiger partial charge in [-0.05, 0) is 0 Å². The van der Waals surface area contributed by atoms with Crippen LogP contribution in [0.1, 0.15) is 0 Å². The first-order valence-corrected chi connectivity index (χ1v) is 1.68. The van der Waals surface area contributed by atoms with Crippen LogP contribution in [0.5, 0.6) is 0 Å². The first-order chi connectivity index (χ1) is 2.27. The number of rotatable bonds is 1. The summed E-state index contributed by atoms with van der Waals surface area (Å²) in [5.74, 6) is 0. The Hall–Kier alpha value is 0.0949. The highest BCUT2D eigenvalue weighted by Crippen LogP contribution is 1.97. The summed E-state index contributed by atoms with van der Waals surface area (Å²) in [6, 6.07) is 0. The summed E-state index contributed by atoms with van der Waals surface area (Å²) in [5, 5.41) is 0.505. The van der Waals surface area contributed by atoms with Gasteiger partial charge in [-0.15, -0.1) is 0 Å². The molecule has 0 unspecified atom stereocenters. The Morgan fingerprint density at radius 3 is 2.20 bits per heavy atom. The fraction of sp³-hybridized carbons (Fsp3) is 0.333. The molecule has 0 nitrogen and oxygen atoms in total. The van der Waals surface area contributed by atoms with Crippen LogP contribution in [0.4, 0.5) is 0 Å². The van der Waals surface area contributed by atoms with Crippen LogP contribution in [0.2, 0.25) is 6.32 Å². The van der Waals surface area contributed by atoms with Gasteiger partial charge in [-0.1, -0.05) is 24.5 Å². The Morgan fingerprint density at radius 2 is 2.20 bits per heavy atom. The van der Waals surface area contributed by atoms with Crippen molar-refractivity contribution in [3.8, 4) is 0 Å². The molecule has 0 heterocycles. The van der Waals surface area contributed by atoms with E-state index in [-0.39, 0.29) is 0 Å². The summed E-state index contributed by atoms with van der Waals surface area (Å²) >= 11 is 5.14. The van der Waals surface area contributed by atoms with Crippen molar-refractivity contribution in [2.75, 3.05) is 0 Å². The van der Waals surface area contributed by atoms with Crippen LogP contribution < -0.4 is 0 Å². The van der Waals surface area contributed by atoms with Crippen molar-refractivity contribution in [3.05, 3.63) is 11.6 Å². The molecule has 0 atom stereocenters. The summed E-state index contributed by atoms with van der Waals surface area (Å²) in [6.07, 6.45) is 0.377. The van der Waals surface area contributed by atoms with Crippen LogP contribution in [0.3, 0.4) is 0 Å². The number of hydrogen-bond acceptors (Lipinski definition) is 0. The third kappa shape index (κ3) is 4.09. The van der Waals surface area contributed by atoms with Crippen LogP contribution in [0.25, 0.3) is 0 Å². The molecule has 0 spiro atoms. The van der Waals surface area contributed by atoms with Crippen molar-refractivity contribution in [1.82, 2.24) is 0 Å². The second kappa shape index (κ2) is 2.34. The predicted octanol–water partition coefficient (Wildman–Crippen LogP) is 1.33. The zero-order valence-electron chi connectivity index (χ0n) is 2.87. The SMILES string of the molecule is [B]CC(=C)Cl. The molecule has 0 aromatic heterocycles. The maximum absolute atomic E-state index is 5.14. The van der Waals surface area contributed by atoms with Gasteiger partial charge in [0.05, 0.1) is 7.85 Å². The van der Waals surface area contributed by atoms with Gasteiger partial charge in [0.25, 0.3) is 0 Å². The molecule has 0 aromatic carbocycles. The average Bonchev–Trinajstić information content (AvgIpc) is 1.38. The minimum atomic E-state index is 0.377. The molecule has 0 saturated heterocycles. The summed E-state index contributed by atoms with van der Waals surface area (Å²) in [4.78, 5) is 0. The van der Waals surface area contributed by atoms with Crippen molar-refractivity contribution in [2.45, 2.75) is 6.32 Å². The first-order valence-electron chi connectivity index (χ1n) is 1.30. The van der Waals surface area contributed by atoms with E-state index in [0.29, 0.717) is 11.4 Å². The molecule has 0 N–H and O–H groups in total. The number of hydrogen-bond donors (Lipinski definition) is 0. The van der Waals surface area contributed by atoms with E-state index in [1.54, 1.807) is 0 Å². The molecule has 0 fully saturated rings. The Labute approximate surface area is 38.2 Å². The van der Waals surface area contributed by atoms with Crippen LogP contribution >= 0.6 is 11.6 Å². The van der Waals surface area contributed by atoms with E-state index in [9.17, 15) is 0 Å². The molecule has 0 rings (SSSR count). The van der Waals surface area contributed by atoms with Crippen molar-refractivity contribution in [2.24, 2.45) is 0 Å². The molecular formula is C3H4BCl. The minimum absolute atomic E-state index is 0.377. The fourth-order valence-electron chi connectivity index (χ4n) is 0. The molecule has 0 aliphatic rings. The Balaban J connectivity index is 2.85. The van der Waals surface area contributed by atoms with Gasteiger partial charge in [-0.25, -0.2) is 0 Å². The second-order valence-electron chi connectivity index (χ2n) is 0.721. The fourth-order valence-corrected chi connectivity index (χ4v) is 0. The van der Waals surface area contributed by atoms with E-state index in [0.717, 1.165) is 0 Å². The molecule has 0 aliphatic heterocycles. The van der Waals surface area contributed by atoms with Gasteiger partial charge in [0.1, 0.15) is 0 Å². The van der Waals surface area contributed by atoms with Gasteiger partial charge in [-0.3, -0.25) is 0 Å². The molecule has 2 radical (unpaired) electrons. The smallest absolute Gasteiger partial charge is 0.0728 e. The Morgan fingerprint density at radius 1 is 2.00 bits per heavy atom. The molecule has 2 heteroatoms. The van der Waals surface area contributed by atoms with Crippen molar-refractivity contribution in [1.29, 1.82) is 0 Å². The molecule has 0 saturated carbocycles. The van der Waals surface area contributed by atoms with E-state index in [2.05, 4.69) is 6.58 Å². The topological polar surface area (TPSA) is 0 Å². The van der Waals surface area contributed by atoms with E-state index in [1.807, 2.05) is 0 Å². The van der Waals surface area contributed by atoms with Crippen LogP contribution in [0.15, 0.2) is 11.6 Å². The molecule has 0 bridgehead atoms. The standard InChI is InChI=1S/C3H4BCl/c1-3(5)2-4/h1-2H2. The zero-order chi connectivity index (χ0) is 4.28. The quantitative estimate of drug-likeness (QED) is 0.422. The maximum atomic E-state index is 5.14. The first kappa shape index (κ1) is 5.09. The lowest BCUT2D eigenvalue weighted by molar-refractivity contribution is 1.69. The van der Waals surface area contributed by atoms with Crippen LogP contribution in [0, 0.1) is 0 Å². The predicted molar refractivity (Wildman–Crippen MR) is 25.6 cm³/mol. The molecule has 0 aliphatic carbocycles. The average molecular weight is 86.3 g/mol. The lowest BCUT2D eigenvalue weighted by Crippen LogP contribution is -1.59. The third-order valence-electron chi connectivity index (χ3n) is 0.221.